The third-order valence-electron chi connectivity index (χ3n) is 3.44. The molecule has 1 amide bonds. The van der Waals surface area contributed by atoms with Crippen LogP contribution < -0.4 is 5.32 Å². The molecule has 0 fully saturated rings. The molecular formula is C18H15IN4O3. The number of ether oxygens (including phenoxy) is 1. The normalized spacial score (nSPS) is 10.4. The van der Waals surface area contributed by atoms with E-state index < -0.39 is 18.5 Å². The van der Waals surface area contributed by atoms with E-state index in [9.17, 15) is 9.59 Å². The van der Waals surface area contributed by atoms with Gasteiger partial charge in [-0.3, -0.25) is 4.79 Å². The molecular weight excluding hydrogens is 447 g/mol. The lowest BCUT2D eigenvalue weighted by molar-refractivity contribution is -0.119. The highest BCUT2D eigenvalue weighted by atomic mass is 127. The fraction of sp³-hybridized carbons (Fsp3) is 0.111. The van der Waals surface area contributed by atoms with Crippen LogP contribution in [0.15, 0.2) is 54.6 Å². The number of halogens is 1. The molecule has 0 saturated carbocycles. The Bertz CT molecular complexity index is 941. The van der Waals surface area contributed by atoms with Crippen LogP contribution in [0.4, 0.5) is 5.69 Å². The van der Waals surface area contributed by atoms with Crippen molar-refractivity contribution in [3.05, 3.63) is 69.6 Å². The smallest absolute Gasteiger partial charge is 0.361 e. The number of hydrogen-bond donors (Lipinski definition) is 1. The van der Waals surface area contributed by atoms with Crippen molar-refractivity contribution in [3.8, 4) is 5.69 Å². The highest BCUT2D eigenvalue weighted by Crippen LogP contribution is 2.16. The first-order valence-corrected chi connectivity index (χ1v) is 8.83. The van der Waals surface area contributed by atoms with Crippen LogP contribution in [-0.2, 0) is 9.53 Å². The Morgan fingerprint density at radius 2 is 1.77 bits per heavy atom. The first-order chi connectivity index (χ1) is 12.5. The summed E-state index contributed by atoms with van der Waals surface area (Å²) in [6.07, 6.45) is 0. The van der Waals surface area contributed by atoms with Gasteiger partial charge in [-0.25, -0.2) is 4.79 Å². The van der Waals surface area contributed by atoms with Gasteiger partial charge in [0.25, 0.3) is 5.91 Å². The third-order valence-corrected chi connectivity index (χ3v) is 4.39. The number of carbonyl (C=O) groups is 2. The van der Waals surface area contributed by atoms with Crippen molar-refractivity contribution in [2.24, 2.45) is 0 Å². The summed E-state index contributed by atoms with van der Waals surface area (Å²) in [6, 6.07) is 16.5. The second-order valence-corrected chi connectivity index (χ2v) is 6.53. The first-order valence-electron chi connectivity index (χ1n) is 7.75. The van der Waals surface area contributed by atoms with Crippen molar-refractivity contribution in [3.63, 3.8) is 0 Å². The molecule has 0 saturated heterocycles. The minimum atomic E-state index is -0.692. The van der Waals surface area contributed by atoms with Crippen molar-refractivity contribution in [2.45, 2.75) is 6.92 Å². The number of benzene rings is 2. The largest absolute Gasteiger partial charge is 0.451 e. The van der Waals surface area contributed by atoms with E-state index in [1.54, 1.807) is 13.0 Å². The molecule has 1 heterocycles. The lowest BCUT2D eigenvalue weighted by atomic mass is 10.3. The van der Waals surface area contributed by atoms with Crippen molar-refractivity contribution in [1.29, 1.82) is 0 Å². The quantitative estimate of drug-likeness (QED) is 0.466. The Labute approximate surface area is 163 Å². The van der Waals surface area contributed by atoms with Gasteiger partial charge < -0.3 is 10.1 Å². The topological polar surface area (TPSA) is 86.1 Å². The number of aromatic nitrogens is 3. The molecule has 0 aliphatic rings. The van der Waals surface area contributed by atoms with Crippen LogP contribution in [0.25, 0.3) is 5.69 Å². The number of nitrogens with one attached hydrogen (secondary N) is 1. The molecule has 2 aromatic carbocycles. The number of aryl methyl sites for hydroxylation is 1. The Hall–Kier alpha value is -2.75. The Balaban J connectivity index is 1.63. The monoisotopic (exact) mass is 462 g/mol. The van der Waals surface area contributed by atoms with Gasteiger partial charge in [0, 0.05) is 3.57 Å². The molecule has 1 aromatic heterocycles. The molecule has 0 radical (unpaired) electrons. The number of carbonyl (C=O) groups excluding carboxylic acids is 2. The van der Waals surface area contributed by atoms with Gasteiger partial charge in [0.15, 0.2) is 12.3 Å². The molecule has 26 heavy (non-hydrogen) atoms. The SMILES string of the molecule is Cc1nn(-c2ccccc2)nc1C(=O)OCC(=O)Nc1ccccc1I. The van der Waals surface area contributed by atoms with E-state index in [0.29, 0.717) is 11.4 Å². The summed E-state index contributed by atoms with van der Waals surface area (Å²) < 4.78 is 5.96. The van der Waals surface area contributed by atoms with Gasteiger partial charge in [-0.15, -0.1) is 5.10 Å². The minimum absolute atomic E-state index is 0.0796. The zero-order valence-corrected chi connectivity index (χ0v) is 16.0. The third kappa shape index (κ3) is 4.26. The molecule has 0 bridgehead atoms. The van der Waals surface area contributed by atoms with Gasteiger partial charge in [-0.1, -0.05) is 30.3 Å². The van der Waals surface area contributed by atoms with Gasteiger partial charge in [0.05, 0.1) is 17.1 Å². The maximum absolute atomic E-state index is 12.2. The maximum atomic E-state index is 12.2. The number of hydrogen-bond acceptors (Lipinski definition) is 5. The van der Waals surface area contributed by atoms with Crippen LogP contribution in [-0.4, -0.2) is 33.5 Å². The summed E-state index contributed by atoms with van der Waals surface area (Å²) in [6.45, 7) is 1.26. The lowest BCUT2D eigenvalue weighted by Gasteiger charge is -2.07. The van der Waals surface area contributed by atoms with Crippen LogP contribution in [0.3, 0.4) is 0 Å². The summed E-state index contributed by atoms with van der Waals surface area (Å²) in [7, 11) is 0. The highest BCUT2D eigenvalue weighted by Gasteiger charge is 2.19. The highest BCUT2D eigenvalue weighted by molar-refractivity contribution is 14.1. The van der Waals surface area contributed by atoms with Crippen LogP contribution in [0.5, 0.6) is 0 Å². The molecule has 3 aromatic rings. The predicted octanol–water partition coefficient (Wildman–Crippen LogP) is 2.98. The van der Waals surface area contributed by atoms with Gasteiger partial charge in [-0.2, -0.15) is 9.90 Å². The Morgan fingerprint density at radius 1 is 1.08 bits per heavy atom. The van der Waals surface area contributed by atoms with Gasteiger partial charge >= 0.3 is 5.97 Å². The molecule has 1 N–H and O–H groups in total. The maximum Gasteiger partial charge on any atom is 0.361 e. The van der Waals surface area contributed by atoms with Gasteiger partial charge in [0.1, 0.15) is 0 Å². The number of esters is 1. The fourth-order valence-electron chi connectivity index (χ4n) is 2.19. The average molecular weight is 462 g/mol. The second-order valence-electron chi connectivity index (χ2n) is 5.36. The zero-order valence-electron chi connectivity index (χ0n) is 13.8. The molecule has 0 aliphatic heterocycles. The summed E-state index contributed by atoms with van der Waals surface area (Å²) in [4.78, 5) is 25.6. The Kier molecular flexibility index (Phi) is 5.61. The molecule has 8 heteroatoms. The van der Waals surface area contributed by atoms with Crippen LogP contribution in [0, 0.1) is 10.5 Å². The predicted molar refractivity (Wildman–Crippen MR) is 104 cm³/mol. The van der Waals surface area contributed by atoms with E-state index in [1.165, 1.54) is 4.80 Å². The zero-order chi connectivity index (χ0) is 18.5. The number of para-hydroxylation sites is 2. The van der Waals surface area contributed by atoms with Crippen LogP contribution in [0.2, 0.25) is 0 Å². The van der Waals surface area contributed by atoms with Crippen LogP contribution >= 0.6 is 22.6 Å². The number of rotatable bonds is 5. The summed E-state index contributed by atoms with van der Waals surface area (Å²) in [5.41, 5.74) is 1.90. The van der Waals surface area contributed by atoms with E-state index in [1.807, 2.05) is 48.5 Å². The lowest BCUT2D eigenvalue weighted by Crippen LogP contribution is -2.21. The van der Waals surface area contributed by atoms with Crippen molar-refractivity contribution >= 4 is 40.2 Å². The number of amides is 1. The van der Waals surface area contributed by atoms with Gasteiger partial charge in [0.2, 0.25) is 0 Å². The molecule has 0 spiro atoms. The average Bonchev–Trinajstić information content (AvgIpc) is 3.04. The summed E-state index contributed by atoms with van der Waals surface area (Å²) >= 11 is 2.11. The summed E-state index contributed by atoms with van der Waals surface area (Å²) in [5, 5.41) is 11.1. The van der Waals surface area contributed by atoms with Crippen molar-refractivity contribution in [2.75, 3.05) is 11.9 Å². The van der Waals surface area contributed by atoms with E-state index in [4.69, 9.17) is 4.74 Å². The molecule has 0 aliphatic carbocycles. The second kappa shape index (κ2) is 8.09. The molecule has 7 nitrogen and oxygen atoms in total. The van der Waals surface area contributed by atoms with Crippen molar-refractivity contribution < 1.29 is 14.3 Å². The van der Waals surface area contributed by atoms with E-state index >= 15 is 0 Å². The molecule has 3 rings (SSSR count). The first kappa shape index (κ1) is 18.1. The Morgan fingerprint density at radius 3 is 2.50 bits per heavy atom. The van der Waals surface area contributed by atoms with Crippen LogP contribution in [0.1, 0.15) is 16.2 Å². The molecule has 0 unspecified atom stereocenters. The number of anilines is 1. The van der Waals surface area contributed by atoms with Crippen molar-refractivity contribution in [1.82, 2.24) is 15.0 Å². The van der Waals surface area contributed by atoms with E-state index in [-0.39, 0.29) is 5.69 Å². The van der Waals surface area contributed by atoms with E-state index in [2.05, 4.69) is 38.1 Å². The van der Waals surface area contributed by atoms with Gasteiger partial charge in [-0.05, 0) is 53.8 Å². The summed E-state index contributed by atoms with van der Waals surface area (Å²) in [5.74, 6) is -1.11. The molecule has 0 atom stereocenters. The molecule has 132 valence electrons. The van der Waals surface area contributed by atoms with E-state index in [0.717, 1.165) is 9.26 Å². The number of nitrogens with zero attached hydrogens (tertiary/aromatic N) is 3. The standard InChI is InChI=1S/C18H15IN4O3/c1-12-17(22-23(21-12)13-7-3-2-4-8-13)18(25)26-11-16(24)20-15-10-6-5-9-14(15)19/h2-10H,11H2,1H3,(H,20,24). The minimum Gasteiger partial charge on any atom is -0.451 e. The fourth-order valence-corrected chi connectivity index (χ4v) is 2.71.